The first kappa shape index (κ1) is 27.4. The van der Waals surface area contributed by atoms with Crippen LogP contribution in [0, 0.1) is 21.4 Å². The lowest BCUT2D eigenvalue weighted by Gasteiger charge is -2.17. The average Bonchev–Trinajstić information content (AvgIpc) is 2.79. The van der Waals surface area contributed by atoms with Gasteiger partial charge in [0.05, 0.1) is 11.5 Å². The summed E-state index contributed by atoms with van der Waals surface area (Å²) in [5.41, 5.74) is -0.958. The molecule has 0 atom stereocenters. The number of phenols is 1. The smallest absolute Gasteiger partial charge is 0.499 e. The first-order valence-corrected chi connectivity index (χ1v) is 11.1. The van der Waals surface area contributed by atoms with Crippen LogP contribution in [0.25, 0.3) is 6.08 Å². The number of nitro benzene ring substituents is 1. The summed E-state index contributed by atoms with van der Waals surface area (Å²) in [4.78, 5) is 36.3. The van der Waals surface area contributed by atoms with Crippen molar-refractivity contribution in [2.45, 2.75) is 59.3 Å². The fourth-order valence-corrected chi connectivity index (χ4v) is 3.06. The normalized spacial score (nSPS) is 10.9. The summed E-state index contributed by atoms with van der Waals surface area (Å²) in [5.74, 6) is -1.91. The van der Waals surface area contributed by atoms with Gasteiger partial charge in [-0.05, 0) is 38.0 Å². The Morgan fingerprint density at radius 3 is 2.36 bits per heavy atom. The Hall–Kier alpha value is -3.61. The molecule has 0 spiro atoms. The van der Waals surface area contributed by atoms with Gasteiger partial charge in [0.15, 0.2) is 5.75 Å². The summed E-state index contributed by atoms with van der Waals surface area (Å²) >= 11 is 0. The molecule has 0 heterocycles. The zero-order chi connectivity index (χ0) is 24.8. The lowest BCUT2D eigenvalue weighted by atomic mass is 10.1. The average molecular weight is 462 g/mol. The number of amides is 1. The zero-order valence-corrected chi connectivity index (χ0v) is 19.3. The van der Waals surface area contributed by atoms with Crippen LogP contribution in [0.4, 0.5) is 10.5 Å². The number of likely N-dealkylation sites (N-methyl/N-ethyl adjacent to an activating group) is 1. The third-order valence-electron chi connectivity index (χ3n) is 4.90. The lowest BCUT2D eigenvalue weighted by molar-refractivity contribution is -0.385. The van der Waals surface area contributed by atoms with E-state index in [2.05, 4.69) is 6.92 Å². The second-order valence-corrected chi connectivity index (χ2v) is 7.26. The number of hydrogen-bond acceptors (Lipinski definition) is 8. The standard InChI is InChI=1S/C23H31N3O7/c1-4-7-8-9-10-11-12-32-23(29)33-20-15-17(14-19(21(20)27)26(30)31)13-18(16-24)22(28)25(5-2)6-3/h13-15,27H,4-12H2,1-3H3/b18-13+. The quantitative estimate of drug-likeness (QED) is 0.0826. The number of hydrogen-bond donors (Lipinski definition) is 1. The van der Waals surface area contributed by atoms with Gasteiger partial charge in [0.1, 0.15) is 11.6 Å². The summed E-state index contributed by atoms with van der Waals surface area (Å²) in [7, 11) is 0. The van der Waals surface area contributed by atoms with Gasteiger partial charge in [-0.1, -0.05) is 39.0 Å². The molecule has 0 aromatic heterocycles. The van der Waals surface area contributed by atoms with Crippen molar-refractivity contribution in [1.29, 1.82) is 5.26 Å². The van der Waals surface area contributed by atoms with Crippen LogP contribution in [0.3, 0.4) is 0 Å². The number of unbranched alkanes of at least 4 members (excludes halogenated alkanes) is 5. The number of benzene rings is 1. The van der Waals surface area contributed by atoms with Gasteiger partial charge in [-0.3, -0.25) is 14.9 Å². The van der Waals surface area contributed by atoms with Gasteiger partial charge in [0.2, 0.25) is 5.75 Å². The molecule has 1 rings (SSSR count). The number of carbonyl (C=O) groups excluding carboxylic acids is 2. The van der Waals surface area contributed by atoms with Gasteiger partial charge < -0.3 is 19.5 Å². The van der Waals surface area contributed by atoms with Crippen LogP contribution in [-0.4, -0.2) is 46.7 Å². The van der Waals surface area contributed by atoms with Crippen molar-refractivity contribution in [3.8, 4) is 17.6 Å². The summed E-state index contributed by atoms with van der Waals surface area (Å²) in [6, 6.07) is 3.89. The predicted molar refractivity (Wildman–Crippen MR) is 122 cm³/mol. The SMILES string of the molecule is CCCCCCCCOC(=O)Oc1cc(/C=C(\C#N)C(=O)N(CC)CC)cc([N+](=O)[O-])c1O. The molecule has 10 heteroatoms. The van der Waals surface area contributed by atoms with Gasteiger partial charge in [-0.15, -0.1) is 0 Å². The second-order valence-electron chi connectivity index (χ2n) is 7.26. The Morgan fingerprint density at radius 1 is 1.15 bits per heavy atom. The number of aromatic hydroxyl groups is 1. The molecule has 1 aromatic carbocycles. The van der Waals surface area contributed by atoms with E-state index in [0.29, 0.717) is 19.5 Å². The molecule has 1 amide bonds. The maximum atomic E-state index is 12.5. The largest absolute Gasteiger partial charge is 0.513 e. The van der Waals surface area contributed by atoms with Crippen molar-refractivity contribution in [1.82, 2.24) is 4.90 Å². The third-order valence-corrected chi connectivity index (χ3v) is 4.90. The molecule has 1 N–H and O–H groups in total. The summed E-state index contributed by atoms with van der Waals surface area (Å²) in [6.45, 7) is 6.50. The maximum Gasteiger partial charge on any atom is 0.513 e. The molecule has 10 nitrogen and oxygen atoms in total. The van der Waals surface area contributed by atoms with Gasteiger partial charge >= 0.3 is 11.8 Å². The molecule has 33 heavy (non-hydrogen) atoms. The predicted octanol–water partition coefficient (Wildman–Crippen LogP) is 4.95. The Balaban J connectivity index is 3.01. The Kier molecular flexibility index (Phi) is 12.0. The Labute approximate surface area is 193 Å². The monoisotopic (exact) mass is 461 g/mol. The van der Waals surface area contributed by atoms with Crippen molar-refractivity contribution < 1.29 is 29.1 Å². The van der Waals surface area contributed by atoms with Gasteiger partial charge in [-0.2, -0.15) is 5.26 Å². The molecule has 0 aliphatic rings. The molecule has 0 saturated carbocycles. The van der Waals surface area contributed by atoms with Crippen molar-refractivity contribution in [3.63, 3.8) is 0 Å². The lowest BCUT2D eigenvalue weighted by Crippen LogP contribution is -2.31. The van der Waals surface area contributed by atoms with Crippen molar-refractivity contribution in [3.05, 3.63) is 33.4 Å². The van der Waals surface area contributed by atoms with E-state index in [4.69, 9.17) is 9.47 Å². The molecule has 0 aliphatic heterocycles. The first-order valence-electron chi connectivity index (χ1n) is 11.1. The molecular formula is C23H31N3O7. The summed E-state index contributed by atoms with van der Waals surface area (Å²) in [5, 5.41) is 30.9. The number of rotatable bonds is 13. The van der Waals surface area contributed by atoms with Gasteiger partial charge in [0.25, 0.3) is 5.91 Å². The highest BCUT2D eigenvalue weighted by molar-refractivity contribution is 6.01. The fourth-order valence-electron chi connectivity index (χ4n) is 3.06. The van der Waals surface area contributed by atoms with Crippen LogP contribution < -0.4 is 4.74 Å². The Bertz CT molecular complexity index is 902. The van der Waals surface area contributed by atoms with E-state index in [1.807, 2.05) is 0 Å². The number of phenolic OH excluding ortho intramolecular Hbond substituents is 1. The molecule has 0 bridgehead atoms. The Morgan fingerprint density at radius 2 is 1.79 bits per heavy atom. The van der Waals surface area contributed by atoms with Gasteiger partial charge in [-0.25, -0.2) is 4.79 Å². The number of carbonyl (C=O) groups is 2. The number of ether oxygens (including phenoxy) is 2. The van der Waals surface area contributed by atoms with Crippen molar-refractivity contribution in [2.75, 3.05) is 19.7 Å². The van der Waals surface area contributed by atoms with Crippen LogP contribution in [-0.2, 0) is 9.53 Å². The number of nitrogens with zero attached hydrogens (tertiary/aromatic N) is 3. The van der Waals surface area contributed by atoms with Crippen LogP contribution in [0.5, 0.6) is 11.5 Å². The third kappa shape index (κ3) is 8.80. The van der Waals surface area contributed by atoms with E-state index in [1.54, 1.807) is 19.9 Å². The molecule has 0 fully saturated rings. The molecule has 180 valence electrons. The zero-order valence-electron chi connectivity index (χ0n) is 19.3. The van der Waals surface area contributed by atoms with E-state index in [9.17, 15) is 30.1 Å². The second kappa shape index (κ2) is 14.5. The van der Waals surface area contributed by atoms with Crippen LogP contribution in [0.2, 0.25) is 0 Å². The molecular weight excluding hydrogens is 430 g/mol. The van der Waals surface area contributed by atoms with E-state index < -0.39 is 34.2 Å². The van der Waals surface area contributed by atoms with Crippen LogP contribution in [0.1, 0.15) is 64.9 Å². The minimum absolute atomic E-state index is 0.0373. The number of nitro groups is 1. The van der Waals surface area contributed by atoms with E-state index in [-0.39, 0.29) is 17.7 Å². The highest BCUT2D eigenvalue weighted by Crippen LogP contribution is 2.38. The van der Waals surface area contributed by atoms with E-state index in [0.717, 1.165) is 50.3 Å². The first-order chi connectivity index (χ1) is 15.8. The van der Waals surface area contributed by atoms with Crippen LogP contribution >= 0.6 is 0 Å². The van der Waals surface area contributed by atoms with E-state index >= 15 is 0 Å². The van der Waals surface area contributed by atoms with E-state index in [1.165, 1.54) is 4.90 Å². The van der Waals surface area contributed by atoms with Crippen molar-refractivity contribution in [2.24, 2.45) is 0 Å². The molecule has 0 radical (unpaired) electrons. The van der Waals surface area contributed by atoms with Crippen molar-refractivity contribution >= 4 is 23.8 Å². The molecule has 1 aromatic rings. The molecule has 0 aliphatic carbocycles. The summed E-state index contributed by atoms with van der Waals surface area (Å²) < 4.78 is 9.94. The minimum atomic E-state index is -1.12. The maximum absolute atomic E-state index is 12.5. The highest BCUT2D eigenvalue weighted by atomic mass is 16.7. The molecule has 0 unspecified atom stereocenters. The number of nitriles is 1. The minimum Gasteiger partial charge on any atom is -0.499 e. The fraction of sp³-hybridized carbons (Fsp3) is 0.522. The summed E-state index contributed by atoms with van der Waals surface area (Å²) in [6.07, 6.45) is 5.98. The highest BCUT2D eigenvalue weighted by Gasteiger charge is 2.23. The van der Waals surface area contributed by atoms with Crippen LogP contribution in [0.15, 0.2) is 17.7 Å². The molecule has 0 saturated heterocycles. The topological polar surface area (TPSA) is 143 Å². The van der Waals surface area contributed by atoms with Gasteiger partial charge in [0, 0.05) is 19.2 Å².